The number of nitrogens with one attached hydrogen (secondary N) is 3. The van der Waals surface area contributed by atoms with E-state index < -0.39 is 11.9 Å². The monoisotopic (exact) mass is 509 g/mol. The Balaban J connectivity index is 0.000000231. The number of aromatic nitrogens is 2. The normalized spacial score (nSPS) is 12.4. The predicted octanol–water partition coefficient (Wildman–Crippen LogP) is 2.18. The summed E-state index contributed by atoms with van der Waals surface area (Å²) in [4.78, 5) is 40.6. The number of carbonyl (C=O) groups excluding carboxylic acids is 2. The van der Waals surface area contributed by atoms with Crippen LogP contribution < -0.4 is 16.4 Å². The molecule has 0 unspecified atom stereocenters. The lowest BCUT2D eigenvalue weighted by Gasteiger charge is -2.16. The third-order valence-corrected chi connectivity index (χ3v) is 6.17. The third-order valence-electron chi connectivity index (χ3n) is 6.17. The lowest BCUT2D eigenvalue weighted by atomic mass is 10.0. The van der Waals surface area contributed by atoms with Crippen molar-refractivity contribution in [2.24, 2.45) is 5.73 Å². The number of carboxylic acids is 1. The van der Waals surface area contributed by atoms with Crippen molar-refractivity contribution in [3.63, 3.8) is 0 Å². The topological polar surface area (TPSA) is 170 Å². The number of aliphatic hydroxyl groups excluding tert-OH is 1. The molecular formula is C27H35N5O5. The number of hydrogen-bond acceptors (Lipinski definition) is 6. The van der Waals surface area contributed by atoms with Crippen molar-refractivity contribution < 1.29 is 24.6 Å². The van der Waals surface area contributed by atoms with Crippen LogP contribution in [0.4, 0.5) is 0 Å². The molecule has 0 atom stereocenters. The van der Waals surface area contributed by atoms with E-state index in [1.807, 2.05) is 24.3 Å². The second kappa shape index (κ2) is 14.1. The van der Waals surface area contributed by atoms with Gasteiger partial charge in [-0.25, -0.2) is 0 Å². The highest BCUT2D eigenvalue weighted by molar-refractivity contribution is 6.00. The highest BCUT2D eigenvalue weighted by Crippen LogP contribution is 2.21. The zero-order valence-electron chi connectivity index (χ0n) is 20.9. The number of aliphatic carboxylic acids is 1. The third kappa shape index (κ3) is 8.40. The zero-order valence-corrected chi connectivity index (χ0v) is 20.9. The van der Waals surface area contributed by atoms with Gasteiger partial charge in [-0.2, -0.15) is 0 Å². The molecule has 0 saturated carbocycles. The van der Waals surface area contributed by atoms with Crippen molar-refractivity contribution in [2.45, 2.75) is 58.1 Å². The van der Waals surface area contributed by atoms with Crippen LogP contribution in [-0.4, -0.2) is 51.1 Å². The summed E-state index contributed by atoms with van der Waals surface area (Å²) in [5, 5.41) is 24.6. The summed E-state index contributed by atoms with van der Waals surface area (Å²) in [6.07, 6.45) is 4.71. The number of fused-ring (bicyclic) bond motifs is 2. The van der Waals surface area contributed by atoms with Crippen LogP contribution in [0.15, 0.2) is 36.4 Å². The van der Waals surface area contributed by atoms with E-state index in [4.69, 9.17) is 20.9 Å². The summed E-state index contributed by atoms with van der Waals surface area (Å²) >= 11 is 0. The van der Waals surface area contributed by atoms with Crippen molar-refractivity contribution in [2.75, 3.05) is 13.1 Å². The first-order valence-corrected chi connectivity index (χ1v) is 12.6. The number of para-hydroxylation sites is 1. The van der Waals surface area contributed by atoms with Gasteiger partial charge in [0.25, 0.3) is 5.91 Å². The molecule has 0 bridgehead atoms. The molecule has 0 fully saturated rings. The van der Waals surface area contributed by atoms with Crippen LogP contribution in [0, 0.1) is 0 Å². The molecule has 2 amide bonds. The van der Waals surface area contributed by atoms with Crippen LogP contribution in [0.25, 0.3) is 10.9 Å². The number of aromatic amines is 1. The number of benzene rings is 1. The molecule has 37 heavy (non-hydrogen) atoms. The summed E-state index contributed by atoms with van der Waals surface area (Å²) in [7, 11) is 0. The van der Waals surface area contributed by atoms with Crippen molar-refractivity contribution in [3.8, 4) is 0 Å². The number of nitrogens with zero attached hydrogens (tertiary/aromatic N) is 1. The average molecular weight is 510 g/mol. The van der Waals surface area contributed by atoms with Gasteiger partial charge in [-0.1, -0.05) is 24.3 Å². The highest BCUT2D eigenvalue weighted by Gasteiger charge is 2.14. The first kappa shape index (κ1) is 27.8. The number of H-pyrrole nitrogens is 1. The molecule has 1 aliphatic heterocycles. The minimum atomic E-state index is -0.826. The summed E-state index contributed by atoms with van der Waals surface area (Å²) in [6.45, 7) is 2.14. The molecule has 0 aliphatic carbocycles. The molecule has 7 N–H and O–H groups in total. The fraction of sp³-hybridized carbons (Fsp3) is 0.407. The smallest absolute Gasteiger partial charge is 0.303 e. The maximum atomic E-state index is 11.6. The van der Waals surface area contributed by atoms with E-state index in [2.05, 4.69) is 27.8 Å². The zero-order chi connectivity index (χ0) is 26.6. The number of unbranched alkanes of at least 4 members (excludes halogenated alkanes) is 1. The second-order valence-corrected chi connectivity index (χ2v) is 8.94. The maximum Gasteiger partial charge on any atom is 0.303 e. The predicted molar refractivity (Wildman–Crippen MR) is 140 cm³/mol. The van der Waals surface area contributed by atoms with Gasteiger partial charge < -0.3 is 31.6 Å². The molecule has 198 valence electrons. The van der Waals surface area contributed by atoms with E-state index in [1.165, 1.54) is 11.3 Å². The van der Waals surface area contributed by atoms with Crippen LogP contribution in [0.5, 0.6) is 0 Å². The number of aliphatic hydroxyl groups is 1. The molecule has 0 spiro atoms. The Labute approximate surface area is 215 Å². The Morgan fingerprint density at radius 3 is 2.62 bits per heavy atom. The van der Waals surface area contributed by atoms with E-state index in [1.54, 1.807) is 0 Å². The molecule has 3 aromatic rings. The summed E-state index contributed by atoms with van der Waals surface area (Å²) in [5.41, 5.74) is 10.4. The fourth-order valence-electron chi connectivity index (χ4n) is 4.24. The minimum Gasteiger partial charge on any atom is -0.481 e. The van der Waals surface area contributed by atoms with Gasteiger partial charge in [-0.3, -0.25) is 19.4 Å². The Hall–Kier alpha value is -3.76. The summed E-state index contributed by atoms with van der Waals surface area (Å²) < 4.78 is 0. The lowest BCUT2D eigenvalue weighted by molar-refractivity contribution is -0.137. The number of hydrogen-bond donors (Lipinski definition) is 6. The van der Waals surface area contributed by atoms with Gasteiger partial charge in [0.2, 0.25) is 5.91 Å². The van der Waals surface area contributed by atoms with Gasteiger partial charge >= 0.3 is 5.97 Å². The van der Waals surface area contributed by atoms with E-state index in [0.29, 0.717) is 24.9 Å². The molecule has 0 radical (unpaired) electrons. The number of nitrogens with two attached hydrogens (primary N) is 1. The minimum absolute atomic E-state index is 0.000127. The van der Waals surface area contributed by atoms with E-state index in [0.717, 1.165) is 55.4 Å². The van der Waals surface area contributed by atoms with Crippen LogP contribution in [0.1, 0.15) is 65.1 Å². The molecular weight excluding hydrogens is 474 g/mol. The molecule has 0 saturated heterocycles. The molecule has 1 aromatic carbocycles. The summed E-state index contributed by atoms with van der Waals surface area (Å²) in [6, 6.07) is 11.6. The number of rotatable bonds is 11. The molecule has 10 nitrogen and oxygen atoms in total. The number of aryl methyl sites for hydroxylation is 1. The van der Waals surface area contributed by atoms with Gasteiger partial charge in [0.15, 0.2) is 0 Å². The quantitative estimate of drug-likeness (QED) is 0.215. The van der Waals surface area contributed by atoms with Gasteiger partial charge in [-0.05, 0) is 43.4 Å². The number of carboxylic acid groups (broad SMARTS) is 1. The lowest BCUT2D eigenvalue weighted by Crippen LogP contribution is -2.25. The maximum absolute atomic E-state index is 11.6. The van der Waals surface area contributed by atoms with Crippen LogP contribution in [-0.2, 0) is 35.6 Å². The number of amides is 2. The average Bonchev–Trinajstić information content (AvgIpc) is 3.28. The fourth-order valence-corrected chi connectivity index (χ4v) is 4.24. The Morgan fingerprint density at radius 1 is 1.05 bits per heavy atom. The SMILES string of the molecule is NC(=O)c1[nH]c2ccccc2c1CO.O=C(O)CCCNC(=O)CCCCc1ccc2c(n1)CCNC2. The standard InChI is InChI=1S/C17H25N3O3.C10H10N2O2/c21-16(19-10-3-6-17(22)23)5-2-1-4-14-8-7-13-12-18-11-9-15(13)20-14;11-10(14)9-7(5-13)6-3-1-2-4-8(6)12-9/h7-8,18H,1-6,9-12H2,(H,19,21)(H,22,23);1-4,12-13H,5H2,(H2,11,14). The molecule has 3 heterocycles. The van der Waals surface area contributed by atoms with Crippen molar-refractivity contribution in [1.82, 2.24) is 20.6 Å². The van der Waals surface area contributed by atoms with Crippen molar-refractivity contribution >= 4 is 28.7 Å². The van der Waals surface area contributed by atoms with Gasteiger partial charge in [0.1, 0.15) is 5.69 Å². The van der Waals surface area contributed by atoms with Gasteiger partial charge in [0, 0.05) is 66.8 Å². The van der Waals surface area contributed by atoms with Crippen molar-refractivity contribution in [1.29, 1.82) is 0 Å². The van der Waals surface area contributed by atoms with Gasteiger partial charge in [-0.15, -0.1) is 0 Å². The van der Waals surface area contributed by atoms with Gasteiger partial charge in [0.05, 0.1) is 6.61 Å². The Kier molecular flexibility index (Phi) is 10.6. The molecule has 10 heteroatoms. The van der Waals surface area contributed by atoms with E-state index >= 15 is 0 Å². The highest BCUT2D eigenvalue weighted by atomic mass is 16.4. The number of primary amides is 1. The van der Waals surface area contributed by atoms with E-state index in [-0.39, 0.29) is 24.6 Å². The second-order valence-electron chi connectivity index (χ2n) is 8.94. The number of carbonyl (C=O) groups is 3. The first-order chi connectivity index (χ1) is 17.9. The number of pyridine rings is 1. The molecule has 2 aromatic heterocycles. The van der Waals surface area contributed by atoms with Crippen LogP contribution in [0.2, 0.25) is 0 Å². The Morgan fingerprint density at radius 2 is 1.86 bits per heavy atom. The van der Waals surface area contributed by atoms with Crippen LogP contribution >= 0.6 is 0 Å². The van der Waals surface area contributed by atoms with Crippen molar-refractivity contribution in [3.05, 3.63) is 64.6 Å². The first-order valence-electron chi connectivity index (χ1n) is 12.6. The van der Waals surface area contributed by atoms with Crippen LogP contribution in [0.3, 0.4) is 0 Å². The molecule has 4 rings (SSSR count). The molecule has 1 aliphatic rings. The Bertz CT molecular complexity index is 1220. The van der Waals surface area contributed by atoms with E-state index in [9.17, 15) is 14.4 Å². The summed E-state index contributed by atoms with van der Waals surface area (Å²) in [5.74, 6) is -1.38. The largest absolute Gasteiger partial charge is 0.481 e.